The van der Waals surface area contributed by atoms with E-state index in [0.717, 1.165) is 23.7 Å². The number of nitrogens with zero attached hydrogens (tertiary/aromatic N) is 5. The van der Waals surface area contributed by atoms with E-state index in [1.807, 2.05) is 30.3 Å². The predicted molar refractivity (Wildman–Crippen MR) is 91.8 cm³/mol. The number of amidine groups is 1. The smallest absolute Gasteiger partial charge is 0.120 e. The molecule has 120 valence electrons. The van der Waals surface area contributed by atoms with Crippen LogP contribution in [0.4, 0.5) is 0 Å². The average molecular weight is 322 g/mol. The minimum Gasteiger partial charge on any atom is -0.314 e. The number of rotatable bonds is 5. The van der Waals surface area contributed by atoms with Crippen molar-refractivity contribution in [1.29, 1.82) is 0 Å². The van der Waals surface area contributed by atoms with Crippen molar-refractivity contribution in [3.8, 4) is 0 Å². The van der Waals surface area contributed by atoms with Crippen LogP contribution in [0.2, 0.25) is 0 Å². The monoisotopic (exact) mass is 321 g/mol. The Morgan fingerprint density at radius 3 is 2.64 bits per heavy atom. The minimum absolute atomic E-state index is 0.108. The lowest BCUT2D eigenvalue weighted by atomic mass is 10.1. The van der Waals surface area contributed by atoms with Crippen LogP contribution in [-0.4, -0.2) is 60.3 Å². The summed E-state index contributed by atoms with van der Waals surface area (Å²) in [6.07, 6.45) is 6.41. The molecular formula is C16H24ClN5. The van der Waals surface area contributed by atoms with Gasteiger partial charge in [-0.1, -0.05) is 23.8 Å². The lowest BCUT2D eigenvalue weighted by Gasteiger charge is -2.34. The normalized spacial score (nSPS) is 31.0. The number of hydrazine groups is 1. The van der Waals surface area contributed by atoms with Crippen LogP contribution >= 0.6 is 11.6 Å². The Kier molecular flexibility index (Phi) is 4.28. The SMILES string of the molecule is C=NN1/C(=N\CC(=C)C2CC2)CCC1C1C(Cl)=CN(C)N1C. The maximum Gasteiger partial charge on any atom is 0.120 e. The molecule has 2 unspecified atom stereocenters. The fraction of sp³-hybridized carbons (Fsp3) is 0.625. The molecule has 0 aromatic carbocycles. The molecule has 2 fully saturated rings. The van der Waals surface area contributed by atoms with Gasteiger partial charge in [-0.2, -0.15) is 5.10 Å². The summed E-state index contributed by atoms with van der Waals surface area (Å²) in [5, 5.41) is 11.2. The first-order valence-electron chi connectivity index (χ1n) is 7.82. The van der Waals surface area contributed by atoms with E-state index in [-0.39, 0.29) is 12.1 Å². The van der Waals surface area contributed by atoms with E-state index in [0.29, 0.717) is 12.5 Å². The maximum atomic E-state index is 6.43. The molecule has 0 aromatic heterocycles. The fourth-order valence-electron chi connectivity index (χ4n) is 3.30. The first-order valence-corrected chi connectivity index (χ1v) is 8.20. The fourth-order valence-corrected chi connectivity index (χ4v) is 3.73. The van der Waals surface area contributed by atoms with Gasteiger partial charge in [-0.05, 0) is 25.2 Å². The second-order valence-electron chi connectivity index (χ2n) is 6.36. The summed E-state index contributed by atoms with van der Waals surface area (Å²) in [6, 6.07) is 0.292. The number of halogens is 1. The third-order valence-corrected chi connectivity index (χ3v) is 5.19. The van der Waals surface area contributed by atoms with Crippen molar-refractivity contribution in [3.63, 3.8) is 0 Å². The van der Waals surface area contributed by atoms with Crippen molar-refractivity contribution >= 4 is 24.2 Å². The second-order valence-corrected chi connectivity index (χ2v) is 6.80. The predicted octanol–water partition coefficient (Wildman–Crippen LogP) is 2.67. The largest absolute Gasteiger partial charge is 0.314 e. The van der Waals surface area contributed by atoms with Gasteiger partial charge in [0.1, 0.15) is 5.84 Å². The molecule has 0 N–H and O–H groups in total. The van der Waals surface area contributed by atoms with Crippen molar-refractivity contribution in [2.24, 2.45) is 16.0 Å². The highest BCUT2D eigenvalue weighted by Gasteiger charge is 2.42. The zero-order valence-electron chi connectivity index (χ0n) is 13.4. The van der Waals surface area contributed by atoms with E-state index in [1.54, 1.807) is 0 Å². The summed E-state index contributed by atoms with van der Waals surface area (Å²) < 4.78 is 0. The van der Waals surface area contributed by atoms with Gasteiger partial charge in [-0.3, -0.25) is 4.99 Å². The van der Waals surface area contributed by atoms with Crippen LogP contribution in [0.1, 0.15) is 25.7 Å². The molecule has 22 heavy (non-hydrogen) atoms. The van der Waals surface area contributed by atoms with Crippen LogP contribution in [0.25, 0.3) is 0 Å². The summed E-state index contributed by atoms with van der Waals surface area (Å²) in [4.78, 5) is 4.74. The van der Waals surface area contributed by atoms with Gasteiger partial charge in [-0.25, -0.2) is 10.0 Å². The maximum absolute atomic E-state index is 6.43. The molecule has 3 rings (SSSR count). The van der Waals surface area contributed by atoms with Crippen LogP contribution in [0, 0.1) is 5.92 Å². The standard InChI is InChI=1S/C16H24ClN5/c1-11(12-5-6-12)9-19-15-8-7-14(22(15)18-2)16-13(17)10-20(3)21(16)4/h10,12,14,16H,1-2,5-9H2,3-4H3/b19-15-. The van der Waals surface area contributed by atoms with Crippen molar-refractivity contribution in [1.82, 2.24) is 15.0 Å². The molecule has 0 spiro atoms. The lowest BCUT2D eigenvalue weighted by molar-refractivity contribution is 0.0434. The van der Waals surface area contributed by atoms with Crippen LogP contribution in [-0.2, 0) is 0 Å². The topological polar surface area (TPSA) is 34.4 Å². The molecule has 1 aliphatic carbocycles. The van der Waals surface area contributed by atoms with E-state index in [1.165, 1.54) is 18.4 Å². The molecule has 1 saturated carbocycles. The first-order chi connectivity index (χ1) is 10.5. The highest BCUT2D eigenvalue weighted by atomic mass is 35.5. The summed E-state index contributed by atoms with van der Waals surface area (Å²) in [7, 11) is 4.04. The third kappa shape index (κ3) is 2.79. The number of hydrogen-bond donors (Lipinski definition) is 0. The molecule has 2 heterocycles. The van der Waals surface area contributed by atoms with Gasteiger partial charge in [0, 0.05) is 33.4 Å². The van der Waals surface area contributed by atoms with E-state index < -0.39 is 0 Å². The van der Waals surface area contributed by atoms with Crippen LogP contribution in [0.15, 0.2) is 33.5 Å². The summed E-state index contributed by atoms with van der Waals surface area (Å²) in [6.45, 7) is 8.59. The molecule has 1 saturated heterocycles. The van der Waals surface area contributed by atoms with E-state index in [2.05, 4.69) is 23.4 Å². The van der Waals surface area contributed by atoms with Gasteiger partial charge in [0.05, 0.1) is 23.7 Å². The Morgan fingerprint density at radius 1 is 1.36 bits per heavy atom. The Labute approximate surface area is 137 Å². The lowest BCUT2D eigenvalue weighted by Crippen LogP contribution is -2.47. The van der Waals surface area contributed by atoms with Gasteiger partial charge in [0.25, 0.3) is 0 Å². The van der Waals surface area contributed by atoms with E-state index in [9.17, 15) is 0 Å². The average Bonchev–Trinajstić information content (AvgIpc) is 3.21. The van der Waals surface area contributed by atoms with E-state index >= 15 is 0 Å². The quantitative estimate of drug-likeness (QED) is 0.577. The highest BCUT2D eigenvalue weighted by molar-refractivity contribution is 6.30. The van der Waals surface area contributed by atoms with Gasteiger partial charge in [-0.15, -0.1) is 0 Å². The highest BCUT2D eigenvalue weighted by Crippen LogP contribution is 2.36. The number of likely N-dealkylation sites (N-methyl/N-ethyl adjacent to an activating group) is 1. The number of hydrazone groups is 1. The minimum atomic E-state index is 0.108. The van der Waals surface area contributed by atoms with E-state index in [4.69, 9.17) is 16.6 Å². The van der Waals surface area contributed by atoms with Crippen molar-refractivity contribution in [3.05, 3.63) is 23.4 Å². The summed E-state index contributed by atoms with van der Waals surface area (Å²) in [5.74, 6) is 1.70. The third-order valence-electron chi connectivity index (χ3n) is 4.87. The Bertz CT molecular complexity index is 537. The summed E-state index contributed by atoms with van der Waals surface area (Å²) >= 11 is 6.43. The second kappa shape index (κ2) is 6.05. The molecule has 6 heteroatoms. The van der Waals surface area contributed by atoms with Gasteiger partial charge < -0.3 is 5.01 Å². The molecule has 5 nitrogen and oxygen atoms in total. The summed E-state index contributed by atoms with van der Waals surface area (Å²) in [5.41, 5.74) is 1.25. The molecule has 3 aliphatic rings. The molecule has 0 amide bonds. The van der Waals surface area contributed by atoms with Crippen molar-refractivity contribution < 1.29 is 0 Å². The van der Waals surface area contributed by atoms with Gasteiger partial charge in [0.15, 0.2) is 0 Å². The van der Waals surface area contributed by atoms with Gasteiger partial charge >= 0.3 is 0 Å². The van der Waals surface area contributed by atoms with Gasteiger partial charge in [0.2, 0.25) is 0 Å². The van der Waals surface area contributed by atoms with Crippen LogP contribution < -0.4 is 0 Å². The van der Waals surface area contributed by atoms with Crippen LogP contribution in [0.5, 0.6) is 0 Å². The number of aliphatic imine (C=N–C) groups is 1. The Hall–Kier alpha value is -1.33. The molecule has 2 atom stereocenters. The molecular weight excluding hydrogens is 298 g/mol. The molecule has 0 bridgehead atoms. The zero-order chi connectivity index (χ0) is 15.9. The van der Waals surface area contributed by atoms with Crippen LogP contribution in [0.3, 0.4) is 0 Å². The number of hydrogen-bond acceptors (Lipinski definition) is 4. The van der Waals surface area contributed by atoms with Crippen molar-refractivity contribution in [2.45, 2.75) is 37.8 Å². The molecule has 2 aliphatic heterocycles. The first kappa shape index (κ1) is 15.6. The zero-order valence-corrected chi connectivity index (χ0v) is 14.1. The Balaban J connectivity index is 1.72. The van der Waals surface area contributed by atoms with Crippen molar-refractivity contribution in [2.75, 3.05) is 20.6 Å². The Morgan fingerprint density at radius 2 is 2.09 bits per heavy atom. The molecule has 0 radical (unpaired) electrons. The molecule has 0 aromatic rings.